The Morgan fingerprint density at radius 2 is 2.00 bits per heavy atom. The monoisotopic (exact) mass is 405 g/mol. The lowest BCUT2D eigenvalue weighted by Gasteiger charge is -2.25. The number of hydrogen-bond acceptors (Lipinski definition) is 6. The van der Waals surface area contributed by atoms with E-state index < -0.39 is 0 Å². The third-order valence-corrected chi connectivity index (χ3v) is 5.68. The molecule has 1 saturated heterocycles. The first kappa shape index (κ1) is 19.0. The molecule has 0 atom stereocenters. The molecule has 0 unspecified atom stereocenters. The van der Waals surface area contributed by atoms with Crippen LogP contribution in [0.4, 0.5) is 5.95 Å². The lowest BCUT2D eigenvalue weighted by molar-refractivity contribution is 0.0701. The van der Waals surface area contributed by atoms with E-state index in [1.165, 1.54) is 0 Å². The average Bonchev–Trinajstić information content (AvgIpc) is 3.32. The van der Waals surface area contributed by atoms with Crippen molar-refractivity contribution in [1.82, 2.24) is 29.1 Å². The number of rotatable bonds is 5. The molecule has 8 nitrogen and oxygen atoms in total. The molecule has 0 amide bonds. The Balaban J connectivity index is 1.53. The summed E-state index contributed by atoms with van der Waals surface area (Å²) in [6.45, 7) is 8.82. The Kier molecular flexibility index (Phi) is 4.86. The first-order chi connectivity index (χ1) is 14.6. The van der Waals surface area contributed by atoms with Crippen molar-refractivity contribution in [2.45, 2.75) is 39.7 Å². The summed E-state index contributed by atoms with van der Waals surface area (Å²) in [5.41, 5.74) is 4.94. The van der Waals surface area contributed by atoms with Gasteiger partial charge in [-0.1, -0.05) is 13.8 Å². The van der Waals surface area contributed by atoms with E-state index in [9.17, 15) is 0 Å². The minimum atomic E-state index is 0.407. The summed E-state index contributed by atoms with van der Waals surface area (Å²) in [7, 11) is 0. The Morgan fingerprint density at radius 3 is 2.80 bits per heavy atom. The van der Waals surface area contributed by atoms with Gasteiger partial charge in [0.05, 0.1) is 17.2 Å². The van der Waals surface area contributed by atoms with Gasteiger partial charge in [0.25, 0.3) is 0 Å². The Morgan fingerprint density at radius 1 is 1.17 bits per heavy atom. The molecule has 0 radical (unpaired) electrons. The predicted octanol–water partition coefficient (Wildman–Crippen LogP) is 3.87. The molecule has 0 aromatic carbocycles. The number of fused-ring (bicyclic) bond motifs is 2. The number of nitrogens with zero attached hydrogens (tertiary/aromatic N) is 6. The smallest absolute Gasteiger partial charge is 0.241 e. The zero-order chi connectivity index (χ0) is 20.7. The van der Waals surface area contributed by atoms with E-state index in [2.05, 4.69) is 57.9 Å². The molecule has 1 fully saturated rings. The van der Waals surface area contributed by atoms with Crippen LogP contribution in [0.5, 0.6) is 0 Å². The van der Waals surface area contributed by atoms with Crippen LogP contribution in [-0.2, 0) is 4.74 Å². The van der Waals surface area contributed by atoms with Crippen molar-refractivity contribution in [1.29, 1.82) is 0 Å². The highest BCUT2D eigenvalue weighted by molar-refractivity contribution is 5.85. The quantitative estimate of drug-likeness (QED) is 0.543. The molecule has 8 heteroatoms. The standard InChI is InChI=1S/C22H27N7O/c1-14(2)11-24-22-25-13-20-18(4-7-28(20)27-22)16-10-19-21(23-12-16)26-15(3)29(19)17-5-8-30-9-6-17/h4,7,10,12-14,17H,5-6,8-9,11H2,1-3H3,(H,24,27). The summed E-state index contributed by atoms with van der Waals surface area (Å²) in [5, 5.41) is 7.87. The number of nitrogens with one attached hydrogen (secondary N) is 1. The highest BCUT2D eigenvalue weighted by Crippen LogP contribution is 2.31. The van der Waals surface area contributed by atoms with Gasteiger partial charge in [0, 0.05) is 49.3 Å². The molecule has 0 aliphatic carbocycles. The van der Waals surface area contributed by atoms with Gasteiger partial charge >= 0.3 is 0 Å². The highest BCUT2D eigenvalue weighted by atomic mass is 16.5. The number of imidazole rings is 1. The van der Waals surface area contributed by atoms with Crippen LogP contribution in [0, 0.1) is 12.8 Å². The molecule has 30 heavy (non-hydrogen) atoms. The third kappa shape index (κ3) is 3.41. The third-order valence-electron chi connectivity index (χ3n) is 5.68. The molecule has 5 heterocycles. The molecule has 5 rings (SSSR count). The van der Waals surface area contributed by atoms with Gasteiger partial charge in [0.15, 0.2) is 5.65 Å². The number of ether oxygens (including phenoxy) is 1. The van der Waals surface area contributed by atoms with Crippen molar-refractivity contribution < 1.29 is 4.74 Å². The van der Waals surface area contributed by atoms with Crippen molar-refractivity contribution in [2.75, 3.05) is 25.1 Å². The number of anilines is 1. The molecular weight excluding hydrogens is 378 g/mol. The fourth-order valence-electron chi connectivity index (χ4n) is 4.16. The van der Waals surface area contributed by atoms with E-state index in [1.807, 2.05) is 23.1 Å². The van der Waals surface area contributed by atoms with Gasteiger partial charge in [-0.3, -0.25) is 0 Å². The topological polar surface area (TPSA) is 82.2 Å². The zero-order valence-electron chi connectivity index (χ0n) is 17.7. The lowest BCUT2D eigenvalue weighted by Crippen LogP contribution is -2.20. The predicted molar refractivity (Wildman–Crippen MR) is 117 cm³/mol. The van der Waals surface area contributed by atoms with E-state index >= 15 is 0 Å². The van der Waals surface area contributed by atoms with E-state index in [0.717, 1.165) is 66.2 Å². The molecular formula is C22H27N7O. The maximum absolute atomic E-state index is 5.55. The van der Waals surface area contributed by atoms with Gasteiger partial charge in [-0.15, -0.1) is 5.10 Å². The van der Waals surface area contributed by atoms with Gasteiger partial charge in [0.2, 0.25) is 5.95 Å². The summed E-state index contributed by atoms with van der Waals surface area (Å²) in [4.78, 5) is 13.9. The fourth-order valence-corrected chi connectivity index (χ4v) is 4.16. The van der Waals surface area contributed by atoms with Crippen molar-refractivity contribution >= 4 is 22.6 Å². The minimum Gasteiger partial charge on any atom is -0.381 e. The fraction of sp³-hybridized carbons (Fsp3) is 0.455. The van der Waals surface area contributed by atoms with Crippen LogP contribution < -0.4 is 5.32 Å². The van der Waals surface area contributed by atoms with Gasteiger partial charge in [-0.25, -0.2) is 19.5 Å². The van der Waals surface area contributed by atoms with E-state index in [0.29, 0.717) is 17.9 Å². The molecule has 1 N–H and O–H groups in total. The summed E-state index contributed by atoms with van der Waals surface area (Å²) < 4.78 is 9.75. The number of aromatic nitrogens is 6. The summed E-state index contributed by atoms with van der Waals surface area (Å²) in [6.07, 6.45) is 7.75. The minimum absolute atomic E-state index is 0.407. The second-order valence-corrected chi connectivity index (χ2v) is 8.36. The van der Waals surface area contributed by atoms with Crippen LogP contribution in [-0.4, -0.2) is 48.9 Å². The van der Waals surface area contributed by atoms with Crippen LogP contribution in [0.1, 0.15) is 38.6 Å². The molecule has 0 bridgehead atoms. The van der Waals surface area contributed by atoms with E-state index in [4.69, 9.17) is 9.72 Å². The van der Waals surface area contributed by atoms with Crippen LogP contribution in [0.25, 0.3) is 27.8 Å². The molecule has 1 aliphatic rings. The first-order valence-corrected chi connectivity index (χ1v) is 10.6. The normalized spacial score (nSPS) is 15.5. The summed E-state index contributed by atoms with van der Waals surface area (Å²) >= 11 is 0. The SMILES string of the molecule is Cc1nc2ncc(-c3ccn4nc(NCC(C)C)ncc34)cc2n1C1CCOCC1. The maximum atomic E-state index is 5.55. The number of hydrogen-bond donors (Lipinski definition) is 1. The van der Waals surface area contributed by atoms with Gasteiger partial charge in [-0.05, 0) is 37.8 Å². The first-order valence-electron chi connectivity index (χ1n) is 10.6. The molecule has 1 aliphatic heterocycles. The number of aryl methyl sites for hydroxylation is 1. The van der Waals surface area contributed by atoms with Crippen LogP contribution in [0.15, 0.2) is 30.7 Å². The summed E-state index contributed by atoms with van der Waals surface area (Å²) in [5.74, 6) is 2.18. The zero-order valence-corrected chi connectivity index (χ0v) is 17.7. The Bertz CT molecular complexity index is 1190. The largest absolute Gasteiger partial charge is 0.381 e. The van der Waals surface area contributed by atoms with Crippen molar-refractivity contribution in [3.05, 3.63) is 36.5 Å². The number of pyridine rings is 1. The summed E-state index contributed by atoms with van der Waals surface area (Å²) in [6, 6.07) is 4.67. The van der Waals surface area contributed by atoms with Crippen molar-refractivity contribution in [3.8, 4) is 11.1 Å². The van der Waals surface area contributed by atoms with Gasteiger partial charge < -0.3 is 14.6 Å². The van der Waals surface area contributed by atoms with Gasteiger partial charge in [-0.2, -0.15) is 0 Å². The highest BCUT2D eigenvalue weighted by Gasteiger charge is 2.21. The second-order valence-electron chi connectivity index (χ2n) is 8.36. The lowest BCUT2D eigenvalue weighted by atomic mass is 10.1. The molecule has 0 saturated carbocycles. The van der Waals surface area contributed by atoms with Crippen molar-refractivity contribution in [3.63, 3.8) is 0 Å². The molecule has 0 spiro atoms. The Hall–Kier alpha value is -3.00. The molecule has 156 valence electrons. The Labute approximate surface area is 175 Å². The second kappa shape index (κ2) is 7.68. The van der Waals surface area contributed by atoms with E-state index in [-0.39, 0.29) is 0 Å². The van der Waals surface area contributed by atoms with Crippen molar-refractivity contribution in [2.24, 2.45) is 5.92 Å². The van der Waals surface area contributed by atoms with Crippen LogP contribution in [0.2, 0.25) is 0 Å². The maximum Gasteiger partial charge on any atom is 0.241 e. The van der Waals surface area contributed by atoms with Crippen LogP contribution >= 0.6 is 0 Å². The molecule has 4 aromatic rings. The van der Waals surface area contributed by atoms with Gasteiger partial charge in [0.1, 0.15) is 5.82 Å². The van der Waals surface area contributed by atoms with E-state index in [1.54, 1.807) is 0 Å². The average molecular weight is 406 g/mol. The van der Waals surface area contributed by atoms with Crippen LogP contribution in [0.3, 0.4) is 0 Å². The molecule has 4 aromatic heterocycles.